The van der Waals surface area contributed by atoms with Gasteiger partial charge < -0.3 is 4.42 Å². The summed E-state index contributed by atoms with van der Waals surface area (Å²) >= 11 is 0. The van der Waals surface area contributed by atoms with Gasteiger partial charge in [0.2, 0.25) is 5.89 Å². The van der Waals surface area contributed by atoms with Gasteiger partial charge in [0.1, 0.15) is 0 Å². The second-order valence-electron chi connectivity index (χ2n) is 5.61. The molecule has 1 heterocycles. The molecule has 0 unspecified atom stereocenters. The fraction of sp³-hybridized carbons (Fsp3) is 0.176. The number of sulfone groups is 1. The Hall–Kier alpha value is -2.88. The van der Waals surface area contributed by atoms with Crippen LogP contribution in [0.1, 0.15) is 5.56 Å². The van der Waals surface area contributed by atoms with Crippen LogP contribution in [0.5, 0.6) is 0 Å². The number of hydrogen-bond acceptors (Lipinski definition) is 5. The minimum Gasteiger partial charge on any atom is -0.388 e. The molecular weight excluding hydrogens is 385 g/mol. The summed E-state index contributed by atoms with van der Waals surface area (Å²) in [6.45, 7) is -0.353. The molecular formula is C17H13F3N2O4S. The van der Waals surface area contributed by atoms with Crippen LogP contribution in [0.25, 0.3) is 11.5 Å². The molecule has 0 radical (unpaired) electrons. The van der Waals surface area contributed by atoms with E-state index in [1.807, 2.05) is 0 Å². The lowest BCUT2D eigenvalue weighted by atomic mass is 10.2. The van der Waals surface area contributed by atoms with E-state index in [1.54, 1.807) is 30.3 Å². The van der Waals surface area contributed by atoms with Crippen LogP contribution in [0.4, 0.5) is 13.2 Å². The number of alkyl halides is 3. The monoisotopic (exact) mass is 398 g/mol. The lowest BCUT2D eigenvalue weighted by molar-refractivity contribution is -0.137. The minimum atomic E-state index is -4.65. The molecule has 0 N–H and O–H groups in total. The van der Waals surface area contributed by atoms with Gasteiger partial charge in [-0.1, -0.05) is 24.3 Å². The lowest BCUT2D eigenvalue weighted by Crippen LogP contribution is -2.22. The van der Waals surface area contributed by atoms with Crippen molar-refractivity contribution in [1.29, 1.82) is 0 Å². The van der Waals surface area contributed by atoms with Crippen molar-refractivity contribution in [2.24, 2.45) is 0 Å². The highest BCUT2D eigenvalue weighted by Gasteiger charge is 2.31. The number of rotatable bonds is 5. The van der Waals surface area contributed by atoms with Crippen LogP contribution in [0.3, 0.4) is 0 Å². The molecule has 0 saturated carbocycles. The van der Waals surface area contributed by atoms with Gasteiger partial charge in [0, 0.05) is 5.56 Å². The highest BCUT2D eigenvalue weighted by molar-refractivity contribution is 7.91. The predicted molar refractivity (Wildman–Crippen MR) is 89.7 cm³/mol. The van der Waals surface area contributed by atoms with E-state index in [9.17, 15) is 26.4 Å². The van der Waals surface area contributed by atoms with Crippen molar-refractivity contribution in [3.63, 3.8) is 0 Å². The molecule has 1 aromatic heterocycles. The summed E-state index contributed by atoms with van der Waals surface area (Å²) in [5.41, 5.74) is -0.525. The third-order valence-corrected chi connectivity index (χ3v) is 5.41. The van der Waals surface area contributed by atoms with Crippen LogP contribution in [-0.2, 0) is 22.6 Å². The summed E-state index contributed by atoms with van der Waals surface area (Å²) in [7, 11) is -4.05. The molecule has 0 bridgehead atoms. The van der Waals surface area contributed by atoms with Crippen LogP contribution >= 0.6 is 0 Å². The number of aryl methyl sites for hydroxylation is 1. The summed E-state index contributed by atoms with van der Waals surface area (Å²) in [6, 6.07) is 12.0. The standard InChI is InChI=1S/C17H13F3N2O4S/c18-17(19,20)13-7-4-8-14(11-13)27(24,25)10-9-22-16(23)26-15(21-22)12-5-2-1-3-6-12/h1-8,11H,9-10H2. The maximum atomic E-state index is 12.8. The number of nitrogens with zero attached hydrogens (tertiary/aromatic N) is 2. The second kappa shape index (κ2) is 7.03. The maximum absolute atomic E-state index is 12.8. The van der Waals surface area contributed by atoms with E-state index >= 15 is 0 Å². The average molecular weight is 398 g/mol. The van der Waals surface area contributed by atoms with Gasteiger partial charge in [-0.2, -0.15) is 17.9 Å². The summed E-state index contributed by atoms with van der Waals surface area (Å²) in [4.78, 5) is 11.4. The third kappa shape index (κ3) is 4.27. The van der Waals surface area contributed by atoms with Crippen LogP contribution in [-0.4, -0.2) is 24.0 Å². The van der Waals surface area contributed by atoms with E-state index in [0.717, 1.165) is 22.9 Å². The van der Waals surface area contributed by atoms with Crippen molar-refractivity contribution in [2.45, 2.75) is 17.6 Å². The molecule has 3 aromatic rings. The fourth-order valence-corrected chi connectivity index (χ4v) is 3.58. The SMILES string of the molecule is O=c1oc(-c2ccccc2)nn1CCS(=O)(=O)c1cccc(C(F)(F)F)c1. The van der Waals surface area contributed by atoms with Crippen LogP contribution in [0.2, 0.25) is 0 Å². The van der Waals surface area contributed by atoms with Gasteiger partial charge in [-0.15, -0.1) is 5.10 Å². The molecule has 27 heavy (non-hydrogen) atoms. The quantitative estimate of drug-likeness (QED) is 0.660. The van der Waals surface area contributed by atoms with Crippen molar-refractivity contribution >= 4 is 9.84 Å². The van der Waals surface area contributed by atoms with Crippen molar-refractivity contribution in [1.82, 2.24) is 9.78 Å². The number of benzene rings is 2. The molecule has 142 valence electrons. The predicted octanol–water partition coefficient (Wildman–Crippen LogP) is 3.00. The average Bonchev–Trinajstić information content (AvgIpc) is 3.01. The molecule has 0 fully saturated rings. The van der Waals surface area contributed by atoms with Gasteiger partial charge in [-0.25, -0.2) is 13.2 Å². The molecule has 0 amide bonds. The Kier molecular flexibility index (Phi) is 4.92. The van der Waals surface area contributed by atoms with E-state index < -0.39 is 38.0 Å². The number of hydrogen-bond donors (Lipinski definition) is 0. The first-order valence-electron chi connectivity index (χ1n) is 7.70. The zero-order valence-corrected chi connectivity index (χ0v) is 14.5. The summed E-state index contributed by atoms with van der Waals surface area (Å²) in [6.07, 6.45) is -4.65. The Labute approximate surface area is 151 Å². The Morgan fingerprint density at radius 2 is 1.74 bits per heavy atom. The zero-order chi connectivity index (χ0) is 19.7. The molecule has 3 rings (SSSR count). The highest BCUT2D eigenvalue weighted by atomic mass is 32.2. The van der Waals surface area contributed by atoms with Gasteiger partial charge >= 0.3 is 11.9 Å². The first-order chi connectivity index (χ1) is 12.7. The molecule has 0 saturated heterocycles. The van der Waals surface area contributed by atoms with Gasteiger partial charge in [0.05, 0.1) is 22.8 Å². The summed E-state index contributed by atoms with van der Waals surface area (Å²) < 4.78 is 68.8. The molecule has 6 nitrogen and oxygen atoms in total. The third-order valence-electron chi connectivity index (χ3n) is 3.72. The Morgan fingerprint density at radius 3 is 2.41 bits per heavy atom. The smallest absolute Gasteiger partial charge is 0.388 e. The summed E-state index contributed by atoms with van der Waals surface area (Å²) in [5.74, 6) is -1.43. The van der Waals surface area contributed by atoms with E-state index in [0.29, 0.717) is 11.6 Å². The van der Waals surface area contributed by atoms with Gasteiger partial charge in [-0.3, -0.25) is 0 Å². The van der Waals surface area contributed by atoms with Crippen molar-refractivity contribution in [3.05, 3.63) is 70.7 Å². The van der Waals surface area contributed by atoms with Crippen LogP contribution < -0.4 is 5.76 Å². The Bertz CT molecular complexity index is 1100. The molecule has 0 aliphatic rings. The highest BCUT2D eigenvalue weighted by Crippen LogP contribution is 2.30. The topological polar surface area (TPSA) is 82.2 Å². The second-order valence-corrected chi connectivity index (χ2v) is 7.72. The van der Waals surface area contributed by atoms with Crippen molar-refractivity contribution < 1.29 is 26.0 Å². The molecule has 10 heteroatoms. The summed E-state index contributed by atoms with van der Waals surface area (Å²) in [5, 5.41) is 3.93. The van der Waals surface area contributed by atoms with Gasteiger partial charge in [-0.05, 0) is 30.3 Å². The molecule has 0 aliphatic carbocycles. The molecule has 0 aliphatic heterocycles. The van der Waals surface area contributed by atoms with E-state index in [2.05, 4.69) is 5.10 Å². The fourth-order valence-electron chi connectivity index (χ4n) is 2.34. The van der Waals surface area contributed by atoms with Gasteiger partial charge in [0.25, 0.3) is 0 Å². The van der Waals surface area contributed by atoms with E-state index in [1.165, 1.54) is 0 Å². The minimum absolute atomic E-state index is 0.0251. The molecule has 0 spiro atoms. The van der Waals surface area contributed by atoms with E-state index in [4.69, 9.17) is 4.42 Å². The Balaban J connectivity index is 1.81. The molecule has 0 atom stereocenters. The van der Waals surface area contributed by atoms with Gasteiger partial charge in [0.15, 0.2) is 9.84 Å². The Morgan fingerprint density at radius 1 is 1.04 bits per heavy atom. The maximum Gasteiger partial charge on any atom is 0.437 e. The first kappa shape index (κ1) is 18.9. The largest absolute Gasteiger partial charge is 0.437 e. The van der Waals surface area contributed by atoms with Crippen molar-refractivity contribution in [3.8, 4) is 11.5 Å². The number of halogens is 3. The van der Waals surface area contributed by atoms with Crippen molar-refractivity contribution in [2.75, 3.05) is 5.75 Å². The molecule has 2 aromatic carbocycles. The zero-order valence-electron chi connectivity index (χ0n) is 13.7. The van der Waals surface area contributed by atoms with E-state index in [-0.39, 0.29) is 12.4 Å². The van der Waals surface area contributed by atoms with Crippen LogP contribution in [0, 0.1) is 0 Å². The van der Waals surface area contributed by atoms with Crippen LogP contribution in [0.15, 0.2) is 68.7 Å². The number of aromatic nitrogens is 2. The normalized spacial score (nSPS) is 12.3. The first-order valence-corrected chi connectivity index (χ1v) is 9.35. The lowest BCUT2D eigenvalue weighted by Gasteiger charge is -2.09.